The van der Waals surface area contributed by atoms with Crippen molar-refractivity contribution in [3.63, 3.8) is 0 Å². The molecule has 2 bridgehead atoms. The summed E-state index contributed by atoms with van der Waals surface area (Å²) >= 11 is 0. The average molecular weight is 278 g/mol. The fourth-order valence-electron chi connectivity index (χ4n) is 4.53. The molecule has 0 unspecified atom stereocenters. The fourth-order valence-corrected chi connectivity index (χ4v) is 4.53. The highest BCUT2D eigenvalue weighted by atomic mass is 14.5. The summed E-state index contributed by atoms with van der Waals surface area (Å²) in [4.78, 5) is 0. The molecule has 0 heterocycles. The van der Waals surface area contributed by atoms with Crippen LogP contribution in [0.15, 0.2) is 0 Å². The molecule has 0 aromatic heterocycles. The molecule has 3 aliphatic rings. The average Bonchev–Trinajstić information content (AvgIpc) is 2.47. The largest absolute Gasteiger partial charge is 0.0654 e. The van der Waals surface area contributed by atoms with Crippen molar-refractivity contribution in [2.24, 2.45) is 10.8 Å². The Morgan fingerprint density at radius 2 is 1.10 bits per heavy atom. The molecule has 0 aromatic carbocycles. The molecule has 0 saturated heterocycles. The first-order valence-electron chi connectivity index (χ1n) is 9.54. The van der Waals surface area contributed by atoms with Gasteiger partial charge in [0.15, 0.2) is 0 Å². The summed E-state index contributed by atoms with van der Waals surface area (Å²) in [6, 6.07) is 0. The van der Waals surface area contributed by atoms with Gasteiger partial charge in [-0.15, -0.1) is 0 Å². The molecule has 3 aliphatic carbocycles. The maximum atomic E-state index is 4.47. The molecule has 0 N–H and O–H groups in total. The van der Waals surface area contributed by atoms with Gasteiger partial charge in [0.1, 0.15) is 0 Å². The van der Waals surface area contributed by atoms with E-state index in [1.165, 1.54) is 103 Å². The minimum absolute atomic E-state index is 0.500. The lowest BCUT2D eigenvalue weighted by Gasteiger charge is -2.52. The minimum Gasteiger partial charge on any atom is -0.0654 e. The van der Waals surface area contributed by atoms with Gasteiger partial charge in [0.25, 0.3) is 0 Å². The van der Waals surface area contributed by atoms with Crippen LogP contribution in [0.5, 0.6) is 0 Å². The van der Waals surface area contributed by atoms with Gasteiger partial charge in [-0.25, -0.2) is 0 Å². The first kappa shape index (κ1) is 16.4. The second kappa shape index (κ2) is 7.85. The van der Waals surface area contributed by atoms with Crippen LogP contribution in [0.4, 0.5) is 0 Å². The lowest BCUT2D eigenvalue weighted by Crippen LogP contribution is -2.39. The van der Waals surface area contributed by atoms with Crippen LogP contribution < -0.4 is 0 Å². The van der Waals surface area contributed by atoms with Crippen molar-refractivity contribution >= 4 is 0 Å². The molecule has 20 heavy (non-hydrogen) atoms. The first-order valence-corrected chi connectivity index (χ1v) is 9.54. The summed E-state index contributed by atoms with van der Waals surface area (Å²) in [5, 5.41) is 0. The zero-order chi connectivity index (χ0) is 14.3. The highest BCUT2D eigenvalue weighted by Crippen LogP contribution is 2.58. The van der Waals surface area contributed by atoms with Gasteiger partial charge in [0.05, 0.1) is 0 Å². The number of hydrogen-bond donors (Lipinski definition) is 0. The maximum Gasteiger partial charge on any atom is -0.0297 e. The van der Waals surface area contributed by atoms with Crippen LogP contribution in [0.3, 0.4) is 0 Å². The monoisotopic (exact) mass is 277 g/mol. The van der Waals surface area contributed by atoms with Gasteiger partial charge >= 0.3 is 0 Å². The third-order valence-corrected chi connectivity index (χ3v) is 6.37. The Hall–Kier alpha value is 0. The first-order chi connectivity index (χ1) is 9.68. The molecular formula is C20H37. The number of unbranched alkanes of at least 4 members (excludes halogenated alkanes) is 8. The Morgan fingerprint density at radius 1 is 0.650 bits per heavy atom. The van der Waals surface area contributed by atoms with E-state index in [-0.39, 0.29) is 0 Å². The SMILES string of the molecule is [CH2]C12CCC(CCCCCCCCCCC)(CC1)CC2. The fraction of sp³-hybridized carbons (Fsp3) is 0.950. The third-order valence-electron chi connectivity index (χ3n) is 6.37. The van der Waals surface area contributed by atoms with Crippen LogP contribution >= 0.6 is 0 Å². The van der Waals surface area contributed by atoms with Crippen molar-refractivity contribution in [1.82, 2.24) is 0 Å². The van der Waals surface area contributed by atoms with Crippen molar-refractivity contribution in [3.8, 4) is 0 Å². The van der Waals surface area contributed by atoms with Crippen LogP contribution in [-0.4, -0.2) is 0 Å². The van der Waals surface area contributed by atoms with E-state index >= 15 is 0 Å². The molecule has 117 valence electrons. The second-order valence-electron chi connectivity index (χ2n) is 8.08. The lowest BCUT2D eigenvalue weighted by atomic mass is 9.53. The van der Waals surface area contributed by atoms with Gasteiger partial charge in [0, 0.05) is 0 Å². The molecule has 0 atom stereocenters. The van der Waals surface area contributed by atoms with Crippen LogP contribution in [0.2, 0.25) is 0 Å². The Kier molecular flexibility index (Phi) is 6.43. The lowest BCUT2D eigenvalue weighted by molar-refractivity contribution is 0.0114. The normalized spacial score (nSPS) is 32.7. The minimum atomic E-state index is 0.500. The Balaban J connectivity index is 1.47. The van der Waals surface area contributed by atoms with E-state index in [1.807, 2.05) is 0 Å². The van der Waals surface area contributed by atoms with Crippen LogP contribution in [0, 0.1) is 17.8 Å². The molecule has 3 rings (SSSR count). The molecule has 3 saturated carbocycles. The van der Waals surface area contributed by atoms with Crippen LogP contribution in [-0.2, 0) is 0 Å². The van der Waals surface area contributed by atoms with E-state index in [9.17, 15) is 0 Å². The van der Waals surface area contributed by atoms with E-state index < -0.39 is 0 Å². The van der Waals surface area contributed by atoms with E-state index in [2.05, 4.69) is 13.8 Å². The summed E-state index contributed by atoms with van der Waals surface area (Å²) < 4.78 is 0. The zero-order valence-corrected chi connectivity index (χ0v) is 14.0. The summed E-state index contributed by atoms with van der Waals surface area (Å²) in [5.74, 6) is 0. The van der Waals surface area contributed by atoms with E-state index in [0.29, 0.717) is 5.41 Å². The highest BCUT2D eigenvalue weighted by molar-refractivity contribution is 5.00. The van der Waals surface area contributed by atoms with Crippen molar-refractivity contribution in [2.45, 2.75) is 110 Å². The maximum absolute atomic E-state index is 4.47. The highest BCUT2D eigenvalue weighted by Gasteiger charge is 2.45. The Bertz CT molecular complexity index is 241. The molecule has 0 spiro atoms. The van der Waals surface area contributed by atoms with Gasteiger partial charge in [-0.1, -0.05) is 64.7 Å². The van der Waals surface area contributed by atoms with E-state index in [4.69, 9.17) is 0 Å². The van der Waals surface area contributed by atoms with Crippen molar-refractivity contribution in [3.05, 3.63) is 6.92 Å². The number of fused-ring (bicyclic) bond motifs is 3. The van der Waals surface area contributed by atoms with Gasteiger partial charge < -0.3 is 0 Å². The number of rotatable bonds is 10. The standard InChI is InChI=1S/C20H37/c1-3-4-5-6-7-8-9-10-11-12-20-16-13-19(2,14-17-20)15-18-20/h2-18H2,1H3. The quantitative estimate of drug-likeness (QED) is 0.374. The van der Waals surface area contributed by atoms with Gasteiger partial charge in [-0.2, -0.15) is 0 Å². The summed E-state index contributed by atoms with van der Waals surface area (Å²) in [6.07, 6.45) is 23.5. The second-order valence-corrected chi connectivity index (χ2v) is 8.08. The molecular weight excluding hydrogens is 240 g/mol. The smallest absolute Gasteiger partial charge is 0.0297 e. The van der Waals surface area contributed by atoms with Crippen LogP contribution in [0.1, 0.15) is 110 Å². The zero-order valence-electron chi connectivity index (χ0n) is 14.0. The van der Waals surface area contributed by atoms with Crippen molar-refractivity contribution in [1.29, 1.82) is 0 Å². The summed E-state index contributed by atoms with van der Waals surface area (Å²) in [7, 11) is 0. The Labute approximate surface area is 128 Å². The molecule has 0 amide bonds. The predicted octanol–water partition coefficient (Wildman–Crippen LogP) is 7.08. The van der Waals surface area contributed by atoms with Gasteiger partial charge in [-0.3, -0.25) is 0 Å². The number of hydrogen-bond acceptors (Lipinski definition) is 0. The summed E-state index contributed by atoms with van der Waals surface area (Å²) in [5.41, 5.74) is 1.26. The topological polar surface area (TPSA) is 0 Å². The molecule has 0 aromatic rings. The molecule has 0 nitrogen and oxygen atoms in total. The summed E-state index contributed by atoms with van der Waals surface area (Å²) in [6.45, 7) is 6.77. The van der Waals surface area contributed by atoms with E-state index in [0.717, 1.165) is 5.41 Å². The Morgan fingerprint density at radius 3 is 1.60 bits per heavy atom. The van der Waals surface area contributed by atoms with Gasteiger partial charge in [-0.05, 0) is 62.7 Å². The van der Waals surface area contributed by atoms with Gasteiger partial charge in [0.2, 0.25) is 0 Å². The van der Waals surface area contributed by atoms with E-state index in [1.54, 1.807) is 0 Å². The molecule has 0 heteroatoms. The molecule has 0 aliphatic heterocycles. The molecule has 3 fully saturated rings. The van der Waals surface area contributed by atoms with Crippen molar-refractivity contribution < 1.29 is 0 Å². The third kappa shape index (κ3) is 4.78. The van der Waals surface area contributed by atoms with Crippen molar-refractivity contribution in [2.75, 3.05) is 0 Å². The van der Waals surface area contributed by atoms with Crippen LogP contribution in [0.25, 0.3) is 0 Å². The predicted molar refractivity (Wildman–Crippen MR) is 89.8 cm³/mol. The molecule has 1 radical (unpaired) electrons.